The van der Waals surface area contributed by atoms with Crippen LogP contribution in [0.25, 0.3) is 0 Å². The van der Waals surface area contributed by atoms with E-state index in [-0.39, 0.29) is 37.8 Å². The quantitative estimate of drug-likeness (QED) is 0.771. The van der Waals surface area contributed by atoms with Gasteiger partial charge in [-0.1, -0.05) is 0 Å². The van der Waals surface area contributed by atoms with E-state index in [2.05, 4.69) is 10.4 Å². The van der Waals surface area contributed by atoms with Gasteiger partial charge in [0, 0.05) is 31.5 Å². The van der Waals surface area contributed by atoms with Gasteiger partial charge in [-0.15, -0.1) is 0 Å². The smallest absolute Gasteiger partial charge is 0.357 e. The number of carbonyl (C=O) groups is 2. The maximum atomic E-state index is 13.4. The second kappa shape index (κ2) is 8.90. The van der Waals surface area contributed by atoms with Crippen molar-refractivity contribution in [1.82, 2.24) is 20.0 Å². The number of alkyl halides is 3. The number of rotatable bonds is 4. The van der Waals surface area contributed by atoms with Crippen LogP contribution in [0.1, 0.15) is 22.5 Å². The number of amides is 2. The molecule has 1 fully saturated rings. The van der Waals surface area contributed by atoms with Crippen molar-refractivity contribution in [1.29, 1.82) is 5.26 Å². The normalized spacial score (nSPS) is 16.6. The summed E-state index contributed by atoms with van der Waals surface area (Å²) in [5.41, 5.74) is 0.224. The van der Waals surface area contributed by atoms with Crippen LogP contribution in [0.5, 0.6) is 0 Å². The maximum Gasteiger partial charge on any atom is 0.417 e. The molecule has 2 aromatic rings. The third kappa shape index (κ3) is 4.69. The number of likely N-dealkylation sites (N-methyl/N-ethyl adjacent to an activating group) is 1. The van der Waals surface area contributed by atoms with Gasteiger partial charge in [-0.05, 0) is 38.1 Å². The molecule has 0 spiro atoms. The molecule has 2 heterocycles. The Morgan fingerprint density at radius 1 is 1.25 bits per heavy atom. The van der Waals surface area contributed by atoms with Crippen molar-refractivity contribution in [3.05, 3.63) is 46.8 Å². The van der Waals surface area contributed by atoms with Gasteiger partial charge in [0.1, 0.15) is 12.6 Å². The van der Waals surface area contributed by atoms with Crippen molar-refractivity contribution in [2.24, 2.45) is 0 Å². The largest absolute Gasteiger partial charge is 0.417 e. The molecule has 1 unspecified atom stereocenters. The number of halogens is 3. The first-order valence-electron chi connectivity index (χ1n) is 9.93. The summed E-state index contributed by atoms with van der Waals surface area (Å²) in [5.74, 6) is -0.660. The molecule has 1 atom stereocenters. The van der Waals surface area contributed by atoms with Crippen LogP contribution in [-0.2, 0) is 22.3 Å². The Morgan fingerprint density at radius 2 is 1.97 bits per heavy atom. The molecule has 1 aromatic carbocycles. The highest BCUT2D eigenvalue weighted by atomic mass is 19.4. The molecule has 1 aliphatic heterocycles. The molecule has 0 bridgehead atoms. The molecule has 11 heteroatoms. The summed E-state index contributed by atoms with van der Waals surface area (Å²) in [6, 6.07) is 5.88. The van der Waals surface area contributed by atoms with Crippen molar-refractivity contribution >= 4 is 17.5 Å². The van der Waals surface area contributed by atoms with Crippen molar-refractivity contribution in [3.63, 3.8) is 0 Å². The predicted molar refractivity (Wildman–Crippen MR) is 110 cm³/mol. The fraction of sp³-hybridized carbons (Fsp3) is 0.429. The van der Waals surface area contributed by atoms with Crippen LogP contribution in [0.15, 0.2) is 24.3 Å². The summed E-state index contributed by atoms with van der Waals surface area (Å²) < 4.78 is 41.8. The summed E-state index contributed by atoms with van der Waals surface area (Å²) in [7, 11) is 1.43. The monoisotopic (exact) mass is 448 g/mol. The number of hydrogen-bond acceptors (Lipinski definition) is 5. The lowest BCUT2D eigenvalue weighted by Gasteiger charge is -2.42. The van der Waals surface area contributed by atoms with E-state index in [1.54, 1.807) is 10.8 Å². The van der Waals surface area contributed by atoms with Crippen molar-refractivity contribution < 1.29 is 22.8 Å². The number of nitriles is 1. The van der Waals surface area contributed by atoms with Crippen LogP contribution in [0.2, 0.25) is 0 Å². The molecule has 1 saturated heterocycles. The highest BCUT2D eigenvalue weighted by Crippen LogP contribution is 2.35. The van der Waals surface area contributed by atoms with Gasteiger partial charge in [0.15, 0.2) is 0 Å². The van der Waals surface area contributed by atoms with Crippen molar-refractivity contribution in [2.75, 3.05) is 31.6 Å². The van der Waals surface area contributed by atoms with E-state index >= 15 is 0 Å². The lowest BCUT2D eigenvalue weighted by molar-refractivity contribution is -0.137. The summed E-state index contributed by atoms with van der Waals surface area (Å²) in [5, 5.41) is 15.8. The number of piperazine rings is 1. The molecule has 32 heavy (non-hydrogen) atoms. The molecule has 1 N–H and O–H groups in total. The minimum Gasteiger partial charge on any atom is -0.357 e. The number of aryl methyl sites for hydroxylation is 2. The van der Waals surface area contributed by atoms with Crippen molar-refractivity contribution in [3.8, 4) is 6.07 Å². The van der Waals surface area contributed by atoms with Crippen LogP contribution in [0.4, 0.5) is 18.9 Å². The highest BCUT2D eigenvalue weighted by molar-refractivity contribution is 5.87. The number of carbonyl (C=O) groups excluding carboxylic acids is 2. The van der Waals surface area contributed by atoms with E-state index in [9.17, 15) is 22.8 Å². The number of anilines is 1. The molecule has 170 valence electrons. The van der Waals surface area contributed by atoms with Crippen LogP contribution in [0.3, 0.4) is 0 Å². The number of aromatic nitrogens is 2. The molecule has 8 nitrogen and oxygen atoms in total. The Labute approximate surface area is 183 Å². The van der Waals surface area contributed by atoms with E-state index < -0.39 is 29.3 Å². The molecule has 1 aromatic heterocycles. The molecule has 0 saturated carbocycles. The summed E-state index contributed by atoms with van der Waals surface area (Å²) in [6.07, 6.45) is -4.71. The summed E-state index contributed by atoms with van der Waals surface area (Å²) in [6.45, 7) is 4.06. The second-order valence-electron chi connectivity index (χ2n) is 7.59. The number of benzene rings is 1. The van der Waals surface area contributed by atoms with E-state index in [1.807, 2.05) is 19.9 Å². The van der Waals surface area contributed by atoms with Crippen LogP contribution in [-0.4, -0.2) is 59.2 Å². The Hall–Kier alpha value is -3.55. The van der Waals surface area contributed by atoms with Gasteiger partial charge in [0.05, 0.1) is 29.4 Å². The van der Waals surface area contributed by atoms with E-state index in [1.165, 1.54) is 22.9 Å². The predicted octanol–water partition coefficient (Wildman–Crippen LogP) is 1.85. The molecule has 2 amide bonds. The first-order chi connectivity index (χ1) is 15.0. The van der Waals surface area contributed by atoms with Gasteiger partial charge in [0.2, 0.25) is 11.8 Å². The molecule has 0 radical (unpaired) electrons. The third-order valence-corrected chi connectivity index (χ3v) is 5.43. The lowest BCUT2D eigenvalue weighted by Crippen LogP contribution is -2.60. The SMILES string of the molecule is CNC(=O)C1CN(C(=O)Cn2nc(C)cc2C)CCN1c1ccc(C#N)c(C(F)(F)F)c1. The maximum absolute atomic E-state index is 13.4. The Balaban J connectivity index is 1.85. The van der Waals surface area contributed by atoms with E-state index in [4.69, 9.17) is 5.26 Å². The fourth-order valence-corrected chi connectivity index (χ4v) is 3.82. The first kappa shape index (κ1) is 23.1. The summed E-state index contributed by atoms with van der Waals surface area (Å²) in [4.78, 5) is 28.4. The van der Waals surface area contributed by atoms with Crippen LogP contribution in [0, 0.1) is 25.2 Å². The first-order valence-corrected chi connectivity index (χ1v) is 9.93. The molecular formula is C21H23F3N6O2. The lowest BCUT2D eigenvalue weighted by atomic mass is 10.0. The minimum atomic E-state index is -4.71. The van der Waals surface area contributed by atoms with Gasteiger partial charge >= 0.3 is 6.18 Å². The average Bonchev–Trinajstić information content (AvgIpc) is 3.08. The zero-order valence-corrected chi connectivity index (χ0v) is 17.9. The molecule has 3 rings (SSSR count). The minimum absolute atomic E-state index is 0.00915. The second-order valence-corrected chi connectivity index (χ2v) is 7.59. The van der Waals surface area contributed by atoms with Gasteiger partial charge in [-0.25, -0.2) is 0 Å². The number of hydrogen-bond donors (Lipinski definition) is 1. The van der Waals surface area contributed by atoms with Crippen molar-refractivity contribution in [2.45, 2.75) is 32.6 Å². The van der Waals surface area contributed by atoms with Gasteiger partial charge in [0.25, 0.3) is 0 Å². The number of nitrogens with one attached hydrogen (secondary N) is 1. The topological polar surface area (TPSA) is 94.3 Å². The third-order valence-electron chi connectivity index (χ3n) is 5.43. The highest BCUT2D eigenvalue weighted by Gasteiger charge is 2.37. The van der Waals surface area contributed by atoms with Crippen LogP contribution >= 0.6 is 0 Å². The average molecular weight is 448 g/mol. The zero-order valence-electron chi connectivity index (χ0n) is 17.9. The van der Waals surface area contributed by atoms with E-state index in [0.29, 0.717) is 0 Å². The van der Waals surface area contributed by atoms with Gasteiger partial charge in [-0.2, -0.15) is 23.5 Å². The van der Waals surface area contributed by atoms with Crippen LogP contribution < -0.4 is 10.2 Å². The summed E-state index contributed by atoms with van der Waals surface area (Å²) >= 11 is 0. The van der Waals surface area contributed by atoms with E-state index in [0.717, 1.165) is 23.5 Å². The Bertz CT molecular complexity index is 1070. The molecular weight excluding hydrogens is 425 g/mol. The van der Waals surface area contributed by atoms with Gasteiger partial charge < -0.3 is 15.1 Å². The molecule has 0 aliphatic carbocycles. The number of nitrogens with zero attached hydrogens (tertiary/aromatic N) is 5. The molecule has 1 aliphatic rings. The Morgan fingerprint density at radius 3 is 2.53 bits per heavy atom. The fourth-order valence-electron chi connectivity index (χ4n) is 3.82. The standard InChI is InChI=1S/C21H23F3N6O2/c1-13-8-14(2)30(27-13)12-19(31)28-6-7-29(18(11-28)20(32)26-3)16-5-4-15(10-25)17(9-16)21(22,23)24/h4-5,8-9,18H,6-7,11-12H2,1-3H3,(H,26,32). The Kier molecular flexibility index (Phi) is 6.43. The van der Waals surface area contributed by atoms with Gasteiger partial charge in [-0.3, -0.25) is 14.3 Å². The zero-order chi connectivity index (χ0) is 23.6.